The number of anilines is 1. The Morgan fingerprint density at radius 3 is 2.44 bits per heavy atom. The fourth-order valence-corrected chi connectivity index (χ4v) is 2.19. The quantitative estimate of drug-likeness (QED) is 0.808. The highest BCUT2D eigenvalue weighted by Gasteiger charge is 2.30. The van der Waals surface area contributed by atoms with E-state index < -0.39 is 36.1 Å². The molecule has 2 rings (SSSR count). The van der Waals surface area contributed by atoms with Gasteiger partial charge in [-0.15, -0.1) is 0 Å². The number of ether oxygens (including phenoxy) is 1. The summed E-state index contributed by atoms with van der Waals surface area (Å²) in [6.07, 6.45) is -6.04. The summed E-state index contributed by atoms with van der Waals surface area (Å²) in [4.78, 5) is 23.9. The zero-order chi connectivity index (χ0) is 20.0. The third kappa shape index (κ3) is 5.85. The number of carbonyl (C=O) groups excluding carboxylic acids is 2. The molecule has 0 saturated carbocycles. The minimum atomic E-state index is -4.51. The molecule has 0 aromatic heterocycles. The molecule has 0 aliphatic heterocycles. The Morgan fingerprint density at radius 1 is 1.19 bits per heavy atom. The molecular weight excluding hydrogens is 361 g/mol. The summed E-state index contributed by atoms with van der Waals surface area (Å²) in [7, 11) is 0. The van der Waals surface area contributed by atoms with Gasteiger partial charge in [0, 0.05) is 5.69 Å². The van der Waals surface area contributed by atoms with Gasteiger partial charge in [-0.3, -0.25) is 9.59 Å². The van der Waals surface area contributed by atoms with E-state index in [1.807, 2.05) is 6.07 Å². The predicted octanol–water partition coefficient (Wildman–Crippen LogP) is 3.69. The molecule has 0 aliphatic rings. The number of alkyl halides is 3. The van der Waals surface area contributed by atoms with E-state index >= 15 is 0 Å². The molecule has 2 aromatic carbocycles. The molecular formula is C19H15F3N2O3. The fraction of sp³-hybridized carbons (Fsp3) is 0.211. The summed E-state index contributed by atoms with van der Waals surface area (Å²) in [6.45, 7) is 1.35. The van der Waals surface area contributed by atoms with Crippen molar-refractivity contribution in [3.8, 4) is 6.07 Å². The maximum atomic E-state index is 12.7. The first-order valence-corrected chi connectivity index (χ1v) is 7.85. The van der Waals surface area contributed by atoms with E-state index in [0.29, 0.717) is 11.3 Å². The van der Waals surface area contributed by atoms with Gasteiger partial charge in [0.15, 0.2) is 6.10 Å². The first-order chi connectivity index (χ1) is 12.7. The number of nitrogens with one attached hydrogen (secondary N) is 1. The van der Waals surface area contributed by atoms with Crippen LogP contribution in [0, 0.1) is 11.3 Å². The van der Waals surface area contributed by atoms with Gasteiger partial charge < -0.3 is 10.1 Å². The van der Waals surface area contributed by atoms with Crippen molar-refractivity contribution >= 4 is 17.6 Å². The van der Waals surface area contributed by atoms with Gasteiger partial charge in [0.25, 0.3) is 5.91 Å². The van der Waals surface area contributed by atoms with Crippen LogP contribution in [0.2, 0.25) is 0 Å². The molecule has 0 saturated heterocycles. The average Bonchev–Trinajstić information content (AvgIpc) is 2.61. The molecule has 0 fully saturated rings. The molecule has 0 radical (unpaired) electrons. The molecule has 0 heterocycles. The van der Waals surface area contributed by atoms with E-state index in [1.54, 1.807) is 0 Å². The van der Waals surface area contributed by atoms with Crippen molar-refractivity contribution in [3.05, 3.63) is 65.2 Å². The largest absolute Gasteiger partial charge is 0.452 e. The third-order valence-electron chi connectivity index (χ3n) is 3.56. The smallest absolute Gasteiger partial charge is 0.416 e. The number of benzene rings is 2. The summed E-state index contributed by atoms with van der Waals surface area (Å²) in [5.74, 6) is -1.42. The Bertz CT molecular complexity index is 871. The van der Waals surface area contributed by atoms with Crippen molar-refractivity contribution in [3.63, 3.8) is 0 Å². The number of halogens is 3. The number of esters is 1. The molecule has 0 aliphatic carbocycles. The first-order valence-electron chi connectivity index (χ1n) is 7.85. The lowest BCUT2D eigenvalue weighted by atomic mass is 10.1. The summed E-state index contributed by atoms with van der Waals surface area (Å²) in [5, 5.41) is 11.2. The molecule has 5 nitrogen and oxygen atoms in total. The summed E-state index contributed by atoms with van der Waals surface area (Å²) < 4.78 is 43.0. The molecule has 1 N–H and O–H groups in total. The van der Waals surface area contributed by atoms with Crippen LogP contribution in [-0.2, 0) is 26.9 Å². The molecule has 0 spiro atoms. The highest BCUT2D eigenvalue weighted by molar-refractivity contribution is 5.95. The van der Waals surface area contributed by atoms with Crippen molar-refractivity contribution in [1.82, 2.24) is 0 Å². The van der Waals surface area contributed by atoms with Gasteiger partial charge in [0.1, 0.15) is 0 Å². The second-order valence-corrected chi connectivity index (χ2v) is 5.69. The van der Waals surface area contributed by atoms with Crippen LogP contribution in [0.5, 0.6) is 0 Å². The van der Waals surface area contributed by atoms with Gasteiger partial charge in [-0.05, 0) is 42.8 Å². The first kappa shape index (κ1) is 20.0. The number of hydrogen-bond donors (Lipinski definition) is 1. The van der Waals surface area contributed by atoms with Crippen LogP contribution in [0.15, 0.2) is 48.5 Å². The zero-order valence-electron chi connectivity index (χ0n) is 14.2. The second-order valence-electron chi connectivity index (χ2n) is 5.69. The predicted molar refractivity (Wildman–Crippen MR) is 90.5 cm³/mol. The molecule has 140 valence electrons. The molecule has 2 aromatic rings. The Hall–Kier alpha value is -3.34. The van der Waals surface area contributed by atoms with Gasteiger partial charge in [-0.25, -0.2) is 0 Å². The lowest BCUT2D eigenvalue weighted by Gasteiger charge is -2.14. The van der Waals surface area contributed by atoms with Crippen molar-refractivity contribution < 1.29 is 27.5 Å². The molecule has 1 atom stereocenters. The van der Waals surface area contributed by atoms with E-state index in [0.717, 1.165) is 12.1 Å². The lowest BCUT2D eigenvalue weighted by molar-refractivity contribution is -0.152. The summed E-state index contributed by atoms with van der Waals surface area (Å²) in [6, 6.07) is 12.4. The topological polar surface area (TPSA) is 79.2 Å². The van der Waals surface area contributed by atoms with Gasteiger partial charge in [0.2, 0.25) is 0 Å². The lowest BCUT2D eigenvalue weighted by Crippen LogP contribution is -2.30. The van der Waals surface area contributed by atoms with E-state index in [4.69, 9.17) is 10.00 Å². The van der Waals surface area contributed by atoms with Crippen LogP contribution < -0.4 is 5.32 Å². The van der Waals surface area contributed by atoms with Gasteiger partial charge in [-0.2, -0.15) is 18.4 Å². The maximum absolute atomic E-state index is 12.7. The number of nitrogens with zero attached hydrogens (tertiary/aromatic N) is 1. The van der Waals surface area contributed by atoms with Crippen molar-refractivity contribution in [2.24, 2.45) is 0 Å². The van der Waals surface area contributed by atoms with Gasteiger partial charge in [-0.1, -0.05) is 18.2 Å². The number of carbonyl (C=O) groups is 2. The molecule has 27 heavy (non-hydrogen) atoms. The highest BCUT2D eigenvalue weighted by atomic mass is 19.4. The summed E-state index contributed by atoms with van der Waals surface area (Å²) in [5.41, 5.74) is 0.113. The Kier molecular flexibility index (Phi) is 6.19. The zero-order valence-corrected chi connectivity index (χ0v) is 14.2. The van der Waals surface area contributed by atoms with Crippen molar-refractivity contribution in [2.45, 2.75) is 25.6 Å². The minimum absolute atomic E-state index is 0.134. The number of rotatable bonds is 5. The monoisotopic (exact) mass is 376 g/mol. The van der Waals surface area contributed by atoms with E-state index in [1.165, 1.54) is 43.3 Å². The van der Waals surface area contributed by atoms with Crippen LogP contribution in [-0.4, -0.2) is 18.0 Å². The molecule has 8 heteroatoms. The number of amides is 1. The van der Waals surface area contributed by atoms with Gasteiger partial charge >= 0.3 is 12.1 Å². The van der Waals surface area contributed by atoms with Crippen LogP contribution in [0.4, 0.5) is 18.9 Å². The van der Waals surface area contributed by atoms with Crippen molar-refractivity contribution in [1.29, 1.82) is 5.26 Å². The molecule has 0 bridgehead atoms. The third-order valence-corrected chi connectivity index (χ3v) is 3.56. The molecule has 0 unspecified atom stereocenters. The minimum Gasteiger partial charge on any atom is -0.452 e. The van der Waals surface area contributed by atoms with Crippen LogP contribution in [0.3, 0.4) is 0 Å². The van der Waals surface area contributed by atoms with Crippen LogP contribution >= 0.6 is 0 Å². The fourth-order valence-electron chi connectivity index (χ4n) is 2.19. The standard InChI is InChI=1S/C19H15F3N2O3/c1-12(18(26)24-16-7-5-13(11-23)6-8-16)27-17(25)10-14-3-2-4-15(9-14)19(20,21)22/h2-9,12H,10H2,1H3,(H,24,26)/t12-/m1/s1. The van der Waals surface area contributed by atoms with E-state index in [2.05, 4.69) is 5.32 Å². The Labute approximate surface area is 153 Å². The second kappa shape index (κ2) is 8.36. The van der Waals surface area contributed by atoms with Crippen LogP contribution in [0.1, 0.15) is 23.6 Å². The van der Waals surface area contributed by atoms with E-state index in [9.17, 15) is 22.8 Å². The van der Waals surface area contributed by atoms with Crippen molar-refractivity contribution in [2.75, 3.05) is 5.32 Å². The normalized spacial score (nSPS) is 12.0. The maximum Gasteiger partial charge on any atom is 0.416 e. The Morgan fingerprint density at radius 2 is 1.85 bits per heavy atom. The van der Waals surface area contributed by atoms with Gasteiger partial charge in [0.05, 0.1) is 23.6 Å². The SMILES string of the molecule is C[C@@H](OC(=O)Cc1cccc(C(F)(F)F)c1)C(=O)Nc1ccc(C#N)cc1. The number of nitriles is 1. The Balaban J connectivity index is 1.92. The highest BCUT2D eigenvalue weighted by Crippen LogP contribution is 2.29. The average molecular weight is 376 g/mol. The number of hydrogen-bond acceptors (Lipinski definition) is 4. The summed E-state index contributed by atoms with van der Waals surface area (Å²) >= 11 is 0. The van der Waals surface area contributed by atoms with E-state index in [-0.39, 0.29) is 5.56 Å². The van der Waals surface area contributed by atoms with Crippen LogP contribution in [0.25, 0.3) is 0 Å². The molecule has 1 amide bonds.